The van der Waals surface area contributed by atoms with Gasteiger partial charge in [0.2, 0.25) is 0 Å². The molecule has 0 unspecified atom stereocenters. The van der Waals surface area contributed by atoms with Gasteiger partial charge in [0.25, 0.3) is 0 Å². The van der Waals surface area contributed by atoms with Crippen LogP contribution in [0.2, 0.25) is 0 Å². The third-order valence-electron chi connectivity index (χ3n) is 2.72. The van der Waals surface area contributed by atoms with E-state index in [0.717, 1.165) is 5.56 Å². The van der Waals surface area contributed by atoms with E-state index >= 15 is 0 Å². The van der Waals surface area contributed by atoms with Crippen molar-refractivity contribution in [1.82, 2.24) is 5.32 Å². The van der Waals surface area contributed by atoms with Crippen LogP contribution in [0.3, 0.4) is 0 Å². The van der Waals surface area contributed by atoms with Gasteiger partial charge >= 0.3 is 5.97 Å². The lowest BCUT2D eigenvalue weighted by Gasteiger charge is -2.10. The average molecular weight is 261 g/mol. The molecule has 4 heteroatoms. The van der Waals surface area contributed by atoms with Crippen molar-refractivity contribution in [3.8, 4) is 0 Å². The van der Waals surface area contributed by atoms with E-state index in [4.69, 9.17) is 4.74 Å². The maximum atomic E-state index is 12.2. The van der Waals surface area contributed by atoms with Gasteiger partial charge in [-0.1, -0.05) is 30.3 Å². The van der Waals surface area contributed by atoms with Crippen LogP contribution < -0.4 is 5.32 Å². The van der Waals surface area contributed by atoms with E-state index in [1.807, 2.05) is 30.3 Å². The number of carbonyl (C=O) groups excluding carboxylic acids is 2. The average Bonchev–Trinajstić information content (AvgIpc) is 2.40. The lowest BCUT2D eigenvalue weighted by molar-refractivity contribution is -0.140. The van der Waals surface area contributed by atoms with Crippen molar-refractivity contribution in [2.75, 3.05) is 13.7 Å². The molecule has 0 radical (unpaired) electrons. The highest BCUT2D eigenvalue weighted by Crippen LogP contribution is 2.10. The van der Waals surface area contributed by atoms with E-state index in [0.29, 0.717) is 5.70 Å². The number of rotatable bonds is 6. The Bertz CT molecular complexity index is 477. The molecular formula is C15H19NO3. The molecule has 0 spiro atoms. The van der Waals surface area contributed by atoms with Crippen LogP contribution >= 0.6 is 0 Å². The van der Waals surface area contributed by atoms with Gasteiger partial charge in [0, 0.05) is 19.2 Å². The highest BCUT2D eigenvalue weighted by atomic mass is 16.5. The van der Waals surface area contributed by atoms with E-state index in [9.17, 15) is 9.59 Å². The molecule has 0 aromatic heterocycles. The van der Waals surface area contributed by atoms with Crippen LogP contribution in [0.25, 0.3) is 0 Å². The van der Waals surface area contributed by atoms with Crippen molar-refractivity contribution in [2.45, 2.75) is 20.3 Å². The SMILES string of the molecule is CCOC(=O)/C(C(=O)Cc1ccccc1)=C(\C)NC. The quantitative estimate of drug-likeness (QED) is 0.367. The summed E-state index contributed by atoms with van der Waals surface area (Å²) in [4.78, 5) is 24.1. The number of hydrogen-bond donors (Lipinski definition) is 1. The molecule has 0 saturated heterocycles. The maximum absolute atomic E-state index is 12.2. The molecule has 102 valence electrons. The zero-order chi connectivity index (χ0) is 14.3. The molecule has 19 heavy (non-hydrogen) atoms. The van der Waals surface area contributed by atoms with Crippen LogP contribution in [0.1, 0.15) is 19.4 Å². The predicted molar refractivity (Wildman–Crippen MR) is 73.5 cm³/mol. The number of carbonyl (C=O) groups is 2. The van der Waals surface area contributed by atoms with Crippen molar-refractivity contribution in [3.63, 3.8) is 0 Å². The highest BCUT2D eigenvalue weighted by molar-refractivity contribution is 6.18. The Morgan fingerprint density at radius 2 is 1.84 bits per heavy atom. The van der Waals surface area contributed by atoms with Crippen molar-refractivity contribution < 1.29 is 14.3 Å². The Morgan fingerprint density at radius 3 is 2.37 bits per heavy atom. The second-order valence-electron chi connectivity index (χ2n) is 4.06. The molecule has 0 aliphatic carbocycles. The van der Waals surface area contributed by atoms with E-state index in [1.165, 1.54) is 0 Å². The minimum atomic E-state index is -0.574. The number of allylic oxidation sites excluding steroid dienone is 1. The summed E-state index contributed by atoms with van der Waals surface area (Å²) < 4.78 is 4.93. The van der Waals surface area contributed by atoms with Gasteiger partial charge in [0.15, 0.2) is 5.78 Å². The van der Waals surface area contributed by atoms with Gasteiger partial charge in [-0.05, 0) is 19.4 Å². The molecule has 4 nitrogen and oxygen atoms in total. The smallest absolute Gasteiger partial charge is 0.343 e. The Morgan fingerprint density at radius 1 is 1.21 bits per heavy atom. The first-order chi connectivity index (χ1) is 9.10. The molecule has 0 bridgehead atoms. The fraction of sp³-hybridized carbons (Fsp3) is 0.333. The molecule has 0 saturated carbocycles. The van der Waals surface area contributed by atoms with Gasteiger partial charge in [-0.25, -0.2) is 4.79 Å². The molecular weight excluding hydrogens is 242 g/mol. The number of nitrogens with one attached hydrogen (secondary N) is 1. The van der Waals surface area contributed by atoms with Crippen LogP contribution in [-0.2, 0) is 20.7 Å². The minimum absolute atomic E-state index is 0.0909. The number of Topliss-reactive ketones (excluding diaryl/α,β-unsaturated/α-hetero) is 1. The van der Waals surface area contributed by atoms with Crippen molar-refractivity contribution >= 4 is 11.8 Å². The fourth-order valence-electron chi connectivity index (χ4n) is 1.67. The van der Waals surface area contributed by atoms with Gasteiger partial charge < -0.3 is 10.1 Å². The Labute approximate surface area is 113 Å². The van der Waals surface area contributed by atoms with Gasteiger partial charge in [-0.2, -0.15) is 0 Å². The highest BCUT2D eigenvalue weighted by Gasteiger charge is 2.22. The summed E-state index contributed by atoms with van der Waals surface area (Å²) in [5, 5.41) is 2.83. The molecule has 0 atom stereocenters. The van der Waals surface area contributed by atoms with Crippen molar-refractivity contribution in [1.29, 1.82) is 0 Å². The monoisotopic (exact) mass is 261 g/mol. The number of benzene rings is 1. The molecule has 1 rings (SSSR count). The largest absolute Gasteiger partial charge is 0.462 e. The topological polar surface area (TPSA) is 55.4 Å². The van der Waals surface area contributed by atoms with E-state index in [1.54, 1.807) is 20.9 Å². The Kier molecular flexibility index (Phi) is 5.79. The lowest BCUT2D eigenvalue weighted by Crippen LogP contribution is -2.23. The van der Waals surface area contributed by atoms with Gasteiger partial charge in [0.05, 0.1) is 6.61 Å². The van der Waals surface area contributed by atoms with Gasteiger partial charge in [0.1, 0.15) is 5.57 Å². The van der Waals surface area contributed by atoms with Crippen molar-refractivity contribution in [3.05, 3.63) is 47.2 Å². The summed E-state index contributed by atoms with van der Waals surface area (Å²) in [6.45, 7) is 3.65. The predicted octanol–water partition coefficient (Wildman–Crippen LogP) is 1.85. The first kappa shape index (κ1) is 15.0. The number of ketones is 1. The van der Waals surface area contributed by atoms with Crippen molar-refractivity contribution in [2.24, 2.45) is 0 Å². The van der Waals surface area contributed by atoms with Crippen LogP contribution in [0.4, 0.5) is 0 Å². The molecule has 0 amide bonds. The molecule has 0 aliphatic heterocycles. The summed E-state index contributed by atoms with van der Waals surface area (Å²) in [7, 11) is 1.67. The molecule has 1 aromatic carbocycles. The summed E-state index contributed by atoms with van der Waals surface area (Å²) in [6, 6.07) is 9.32. The molecule has 1 aromatic rings. The number of ether oxygens (including phenoxy) is 1. The number of hydrogen-bond acceptors (Lipinski definition) is 4. The zero-order valence-electron chi connectivity index (χ0n) is 11.5. The maximum Gasteiger partial charge on any atom is 0.343 e. The van der Waals surface area contributed by atoms with Crippen LogP contribution in [0.5, 0.6) is 0 Å². The summed E-state index contributed by atoms with van der Waals surface area (Å²) >= 11 is 0. The van der Waals surface area contributed by atoms with E-state index in [-0.39, 0.29) is 24.4 Å². The fourth-order valence-corrected chi connectivity index (χ4v) is 1.67. The van der Waals surface area contributed by atoms with Crippen LogP contribution in [0, 0.1) is 0 Å². The molecule has 0 heterocycles. The molecule has 1 N–H and O–H groups in total. The number of esters is 1. The van der Waals surface area contributed by atoms with Gasteiger partial charge in [-0.3, -0.25) is 4.79 Å². The Hall–Kier alpha value is -2.10. The summed E-state index contributed by atoms with van der Waals surface area (Å²) in [6.07, 6.45) is 0.188. The van der Waals surface area contributed by atoms with E-state index in [2.05, 4.69) is 5.32 Å². The standard InChI is InChI=1S/C15H19NO3/c1-4-19-15(18)14(11(2)16-3)13(17)10-12-8-6-5-7-9-12/h5-9,16H,4,10H2,1-3H3/b14-11+. The van der Waals surface area contributed by atoms with Gasteiger partial charge in [-0.15, -0.1) is 0 Å². The van der Waals surface area contributed by atoms with Crippen LogP contribution in [-0.4, -0.2) is 25.4 Å². The van der Waals surface area contributed by atoms with E-state index < -0.39 is 5.97 Å². The third-order valence-corrected chi connectivity index (χ3v) is 2.72. The molecule has 0 aliphatic rings. The summed E-state index contributed by atoms with van der Waals surface area (Å²) in [5.74, 6) is -0.813. The second-order valence-corrected chi connectivity index (χ2v) is 4.06. The first-order valence-electron chi connectivity index (χ1n) is 6.23. The van der Waals surface area contributed by atoms with Crippen LogP contribution in [0.15, 0.2) is 41.6 Å². The Balaban J connectivity index is 2.94. The normalized spacial score (nSPS) is 11.5. The first-order valence-corrected chi connectivity index (χ1v) is 6.23. The molecule has 0 fully saturated rings. The zero-order valence-corrected chi connectivity index (χ0v) is 11.5. The third kappa shape index (κ3) is 4.25. The minimum Gasteiger partial charge on any atom is -0.462 e. The summed E-state index contributed by atoms with van der Waals surface area (Å²) in [5.41, 5.74) is 1.49. The lowest BCUT2D eigenvalue weighted by atomic mass is 10.0. The second kappa shape index (κ2) is 7.36.